The van der Waals surface area contributed by atoms with E-state index in [4.69, 9.17) is 0 Å². The van der Waals surface area contributed by atoms with Gasteiger partial charge < -0.3 is 10.2 Å². The van der Waals surface area contributed by atoms with Crippen molar-refractivity contribution in [3.63, 3.8) is 0 Å². The lowest BCUT2D eigenvalue weighted by molar-refractivity contribution is -0.121. The van der Waals surface area contributed by atoms with Gasteiger partial charge in [0.2, 0.25) is 0 Å². The summed E-state index contributed by atoms with van der Waals surface area (Å²) in [6.45, 7) is 3.43. The number of benzene rings is 2. The number of Topliss-reactive ketones (excluding diaryl/α,β-unsaturated/α-hetero) is 1. The molecule has 28 heavy (non-hydrogen) atoms. The van der Waals surface area contributed by atoms with E-state index < -0.39 is 11.8 Å². The lowest BCUT2D eigenvalue weighted by atomic mass is 9.89. The molecule has 0 spiro atoms. The average Bonchev–Trinajstić information content (AvgIpc) is 2.71. The Hall–Kier alpha value is -3.47. The summed E-state index contributed by atoms with van der Waals surface area (Å²) in [6.07, 6.45) is 0. The van der Waals surface area contributed by atoms with Crippen LogP contribution in [-0.2, 0) is 4.79 Å². The Kier molecular flexibility index (Phi) is 4.43. The zero-order valence-corrected chi connectivity index (χ0v) is 15.6. The maximum Gasteiger partial charge on any atom is 0.150 e. The Morgan fingerprint density at radius 2 is 1.14 bits per heavy atom. The lowest BCUT2D eigenvalue weighted by Gasteiger charge is -2.18. The van der Waals surface area contributed by atoms with E-state index in [0.29, 0.717) is 22.4 Å². The highest BCUT2D eigenvalue weighted by atomic mass is 16.3. The van der Waals surface area contributed by atoms with Crippen LogP contribution in [0.15, 0.2) is 60.7 Å². The van der Waals surface area contributed by atoms with Gasteiger partial charge in [-0.1, -0.05) is 36.4 Å². The molecule has 2 N–H and O–H groups in total. The first-order chi connectivity index (χ1) is 13.5. The highest BCUT2D eigenvalue weighted by Crippen LogP contribution is 2.34. The first-order valence-electron chi connectivity index (χ1n) is 9.16. The predicted octanol–water partition coefficient (Wildman–Crippen LogP) is 4.67. The van der Waals surface area contributed by atoms with Crippen molar-refractivity contribution in [2.24, 2.45) is 0 Å². The molecule has 0 saturated heterocycles. The summed E-state index contributed by atoms with van der Waals surface area (Å²) < 4.78 is 0. The van der Waals surface area contributed by atoms with E-state index in [1.165, 1.54) is 0 Å². The molecule has 2 heterocycles. The van der Waals surface area contributed by atoms with Gasteiger partial charge in [-0.3, -0.25) is 4.79 Å². The van der Waals surface area contributed by atoms with Crippen LogP contribution in [-0.4, -0.2) is 26.0 Å². The molecule has 0 saturated carbocycles. The summed E-state index contributed by atoms with van der Waals surface area (Å²) in [6, 6.07) is 18.1. The van der Waals surface area contributed by atoms with Crippen LogP contribution in [0.25, 0.3) is 21.8 Å². The quantitative estimate of drug-likeness (QED) is 0.544. The van der Waals surface area contributed by atoms with Gasteiger partial charge in [0.25, 0.3) is 0 Å². The maximum absolute atomic E-state index is 13.1. The number of rotatable bonds is 4. The van der Waals surface area contributed by atoms with Crippen molar-refractivity contribution < 1.29 is 15.0 Å². The third-order valence-electron chi connectivity index (χ3n) is 5.14. The van der Waals surface area contributed by atoms with Gasteiger partial charge in [0.15, 0.2) is 5.78 Å². The zero-order chi connectivity index (χ0) is 19.8. The zero-order valence-electron chi connectivity index (χ0n) is 15.6. The van der Waals surface area contributed by atoms with Crippen molar-refractivity contribution in [1.29, 1.82) is 0 Å². The van der Waals surface area contributed by atoms with Gasteiger partial charge in [0.05, 0.1) is 34.3 Å². The van der Waals surface area contributed by atoms with Crippen LogP contribution in [0.3, 0.4) is 0 Å². The van der Waals surface area contributed by atoms with Crippen LogP contribution < -0.4 is 0 Å². The molecule has 2 aromatic carbocycles. The molecule has 0 radical (unpaired) electrons. The number of aromatic hydroxyl groups is 2. The van der Waals surface area contributed by atoms with E-state index in [1.807, 2.05) is 48.5 Å². The molecule has 5 nitrogen and oxygen atoms in total. The minimum atomic E-state index is -0.646. The smallest absolute Gasteiger partial charge is 0.150 e. The van der Waals surface area contributed by atoms with Crippen molar-refractivity contribution in [3.05, 3.63) is 72.1 Å². The molecule has 4 rings (SSSR count). The number of hydrogen-bond donors (Lipinski definition) is 2. The molecular weight excluding hydrogens is 352 g/mol. The molecule has 2 aromatic heterocycles. The number of hydrogen-bond acceptors (Lipinski definition) is 5. The van der Waals surface area contributed by atoms with Crippen LogP contribution in [0.4, 0.5) is 0 Å². The van der Waals surface area contributed by atoms with Crippen LogP contribution in [0.5, 0.6) is 11.5 Å². The highest BCUT2D eigenvalue weighted by Gasteiger charge is 2.29. The monoisotopic (exact) mass is 372 g/mol. The van der Waals surface area contributed by atoms with Gasteiger partial charge >= 0.3 is 0 Å². The van der Waals surface area contributed by atoms with E-state index >= 15 is 0 Å². The van der Waals surface area contributed by atoms with Crippen LogP contribution in [0, 0.1) is 0 Å². The second-order valence-electron chi connectivity index (χ2n) is 7.02. The van der Waals surface area contributed by atoms with E-state index in [2.05, 4.69) is 9.97 Å². The van der Waals surface area contributed by atoms with Crippen molar-refractivity contribution in [3.8, 4) is 11.5 Å². The second-order valence-corrected chi connectivity index (χ2v) is 7.02. The summed E-state index contributed by atoms with van der Waals surface area (Å²) >= 11 is 0. The molecule has 5 heteroatoms. The summed E-state index contributed by atoms with van der Waals surface area (Å²) in [5.41, 5.74) is 2.09. The fourth-order valence-corrected chi connectivity index (χ4v) is 3.52. The Labute approximate surface area is 162 Å². The van der Waals surface area contributed by atoms with E-state index in [0.717, 1.165) is 10.8 Å². The fourth-order valence-electron chi connectivity index (χ4n) is 3.52. The molecule has 0 aliphatic carbocycles. The number of para-hydroxylation sites is 2. The minimum absolute atomic E-state index is 0.0116. The second kappa shape index (κ2) is 6.93. The first-order valence-corrected chi connectivity index (χ1v) is 9.16. The topological polar surface area (TPSA) is 83.3 Å². The number of carbonyl (C=O) groups excluding carboxylic acids is 1. The summed E-state index contributed by atoms with van der Waals surface area (Å²) in [7, 11) is 0. The van der Waals surface area contributed by atoms with Crippen LogP contribution >= 0.6 is 0 Å². The standard InChI is InChI=1S/C23H20N2O3/c1-13(21-19(26)11-15-7-3-5-9-17(15)24-21)23(28)14(2)22-20(27)12-16-8-4-6-10-18(16)25-22/h3-14,26-27H,1-2H3. The van der Waals surface area contributed by atoms with Gasteiger partial charge in [-0.2, -0.15) is 0 Å². The van der Waals surface area contributed by atoms with Crippen molar-refractivity contribution >= 4 is 27.6 Å². The van der Waals surface area contributed by atoms with Crippen LogP contribution in [0.2, 0.25) is 0 Å². The number of fused-ring (bicyclic) bond motifs is 2. The molecule has 140 valence electrons. The molecule has 0 aliphatic heterocycles. The number of pyridine rings is 2. The Morgan fingerprint density at radius 3 is 1.57 bits per heavy atom. The van der Waals surface area contributed by atoms with Gasteiger partial charge in [0.1, 0.15) is 11.5 Å². The summed E-state index contributed by atoms with van der Waals surface area (Å²) in [5, 5.41) is 22.4. The van der Waals surface area contributed by atoms with E-state index in [9.17, 15) is 15.0 Å². The van der Waals surface area contributed by atoms with Gasteiger partial charge in [-0.25, -0.2) is 9.97 Å². The number of carbonyl (C=O) groups is 1. The largest absolute Gasteiger partial charge is 0.506 e. The van der Waals surface area contributed by atoms with Gasteiger partial charge in [0, 0.05) is 10.8 Å². The first kappa shape index (κ1) is 17.9. The Bertz CT molecular complexity index is 1110. The van der Waals surface area contributed by atoms with Crippen molar-refractivity contribution in [2.45, 2.75) is 25.7 Å². The molecular formula is C23H20N2O3. The fraction of sp³-hybridized carbons (Fsp3) is 0.174. The molecule has 4 aromatic rings. The molecule has 0 fully saturated rings. The molecule has 2 unspecified atom stereocenters. The average molecular weight is 372 g/mol. The summed E-state index contributed by atoms with van der Waals surface area (Å²) in [5.74, 6) is -1.49. The van der Waals surface area contributed by atoms with Gasteiger partial charge in [-0.05, 0) is 38.1 Å². The normalized spacial score (nSPS) is 13.5. The molecule has 0 bridgehead atoms. The number of nitrogens with zero attached hydrogens (tertiary/aromatic N) is 2. The van der Waals surface area contributed by atoms with E-state index in [1.54, 1.807) is 26.0 Å². The van der Waals surface area contributed by atoms with Crippen LogP contribution in [0.1, 0.15) is 37.1 Å². The number of ketones is 1. The van der Waals surface area contributed by atoms with Crippen molar-refractivity contribution in [2.75, 3.05) is 0 Å². The number of aromatic nitrogens is 2. The Balaban J connectivity index is 1.71. The minimum Gasteiger partial charge on any atom is -0.506 e. The highest BCUT2D eigenvalue weighted by molar-refractivity contribution is 5.93. The van der Waals surface area contributed by atoms with E-state index in [-0.39, 0.29) is 17.3 Å². The maximum atomic E-state index is 13.1. The molecule has 0 amide bonds. The van der Waals surface area contributed by atoms with Crippen molar-refractivity contribution in [1.82, 2.24) is 9.97 Å². The SMILES string of the molecule is CC(C(=O)C(C)c1nc2ccccc2cc1O)c1nc2ccccc2cc1O. The Morgan fingerprint density at radius 1 is 0.750 bits per heavy atom. The third-order valence-corrected chi connectivity index (χ3v) is 5.14. The predicted molar refractivity (Wildman–Crippen MR) is 109 cm³/mol. The summed E-state index contributed by atoms with van der Waals surface area (Å²) in [4.78, 5) is 22.1. The third kappa shape index (κ3) is 3.05. The molecule has 2 atom stereocenters. The molecule has 0 aliphatic rings. The lowest BCUT2D eigenvalue weighted by Crippen LogP contribution is -2.18. The van der Waals surface area contributed by atoms with Gasteiger partial charge in [-0.15, -0.1) is 0 Å².